The van der Waals surface area contributed by atoms with Gasteiger partial charge >= 0.3 is 13.2 Å². The standard InChI is InChI=1S/C23H28BNO5/c1-22(2)23(3,4)30-24(29-22)19-11-10-18-16-27-13-12-25(20(18)14-19)21(26)28-15-17-8-6-5-7-9-17/h5-11,14H,12-13,15-16H2,1-4H3. The zero-order valence-electron chi connectivity index (χ0n) is 18.0. The van der Waals surface area contributed by atoms with Crippen LogP contribution < -0.4 is 10.4 Å². The lowest BCUT2D eigenvalue weighted by Gasteiger charge is -2.32. The summed E-state index contributed by atoms with van der Waals surface area (Å²) in [4.78, 5) is 14.6. The Kier molecular flexibility index (Phi) is 5.62. The lowest BCUT2D eigenvalue weighted by molar-refractivity contribution is 0.00578. The van der Waals surface area contributed by atoms with Crippen molar-refractivity contribution in [3.05, 3.63) is 59.7 Å². The minimum absolute atomic E-state index is 0.225. The summed E-state index contributed by atoms with van der Waals surface area (Å²) in [6, 6.07) is 15.6. The number of carbonyl (C=O) groups is 1. The van der Waals surface area contributed by atoms with Crippen LogP contribution in [0.4, 0.5) is 10.5 Å². The van der Waals surface area contributed by atoms with Crippen LogP contribution in [0.2, 0.25) is 0 Å². The molecule has 0 aliphatic carbocycles. The molecule has 1 fully saturated rings. The number of hydrogen-bond acceptors (Lipinski definition) is 5. The lowest BCUT2D eigenvalue weighted by atomic mass is 9.78. The van der Waals surface area contributed by atoms with Gasteiger partial charge in [-0.1, -0.05) is 42.5 Å². The fraction of sp³-hybridized carbons (Fsp3) is 0.435. The van der Waals surface area contributed by atoms with E-state index in [1.807, 2.05) is 76.2 Å². The highest BCUT2D eigenvalue weighted by atomic mass is 16.7. The SMILES string of the molecule is CC1(C)OB(c2ccc3c(c2)N(C(=O)OCc2ccccc2)CCOC3)OC1(C)C. The summed E-state index contributed by atoms with van der Waals surface area (Å²) in [7, 11) is -0.494. The van der Waals surface area contributed by atoms with Gasteiger partial charge in [0, 0.05) is 5.56 Å². The summed E-state index contributed by atoms with van der Waals surface area (Å²) < 4.78 is 23.6. The van der Waals surface area contributed by atoms with Crippen molar-refractivity contribution in [2.75, 3.05) is 18.1 Å². The van der Waals surface area contributed by atoms with Crippen LogP contribution in [0.25, 0.3) is 0 Å². The maximum atomic E-state index is 12.9. The number of rotatable bonds is 3. The van der Waals surface area contributed by atoms with Crippen LogP contribution in [0.1, 0.15) is 38.8 Å². The molecule has 7 heteroatoms. The predicted molar refractivity (Wildman–Crippen MR) is 116 cm³/mol. The maximum absolute atomic E-state index is 12.9. The fourth-order valence-corrected chi connectivity index (χ4v) is 3.53. The molecule has 0 aromatic heterocycles. The van der Waals surface area contributed by atoms with Crippen LogP contribution in [0.15, 0.2) is 48.5 Å². The number of carbonyl (C=O) groups excluding carboxylic acids is 1. The Morgan fingerprint density at radius 1 is 1.07 bits per heavy atom. The molecule has 0 atom stereocenters. The molecule has 30 heavy (non-hydrogen) atoms. The molecule has 0 N–H and O–H groups in total. The van der Waals surface area contributed by atoms with Crippen molar-refractivity contribution in [3.63, 3.8) is 0 Å². The van der Waals surface area contributed by atoms with Crippen LogP contribution in [0.3, 0.4) is 0 Å². The van der Waals surface area contributed by atoms with Gasteiger partial charge in [-0.25, -0.2) is 4.79 Å². The van der Waals surface area contributed by atoms with E-state index in [9.17, 15) is 4.79 Å². The van der Waals surface area contributed by atoms with E-state index < -0.39 is 24.4 Å². The fourth-order valence-electron chi connectivity index (χ4n) is 3.53. The molecule has 2 aromatic rings. The Morgan fingerprint density at radius 3 is 2.47 bits per heavy atom. The number of amides is 1. The second-order valence-corrected chi connectivity index (χ2v) is 8.72. The number of nitrogens with zero attached hydrogens (tertiary/aromatic N) is 1. The van der Waals surface area contributed by atoms with Crippen LogP contribution in [0.5, 0.6) is 0 Å². The zero-order chi connectivity index (χ0) is 21.4. The largest absolute Gasteiger partial charge is 0.494 e. The molecule has 0 spiro atoms. The molecule has 0 radical (unpaired) electrons. The van der Waals surface area contributed by atoms with Gasteiger partial charge in [0.05, 0.1) is 36.6 Å². The van der Waals surface area contributed by atoms with E-state index in [4.69, 9.17) is 18.8 Å². The highest BCUT2D eigenvalue weighted by molar-refractivity contribution is 6.62. The second-order valence-electron chi connectivity index (χ2n) is 8.72. The van der Waals surface area contributed by atoms with Crippen molar-refractivity contribution in [1.29, 1.82) is 0 Å². The normalized spacial score (nSPS) is 19.9. The van der Waals surface area contributed by atoms with Gasteiger partial charge in [0.15, 0.2) is 0 Å². The van der Waals surface area contributed by atoms with E-state index in [2.05, 4.69) is 0 Å². The number of ether oxygens (including phenoxy) is 2. The molecular formula is C23H28BNO5. The Hall–Kier alpha value is -2.35. The van der Waals surface area contributed by atoms with Gasteiger partial charge < -0.3 is 18.8 Å². The lowest BCUT2D eigenvalue weighted by Crippen LogP contribution is -2.41. The van der Waals surface area contributed by atoms with E-state index in [0.29, 0.717) is 19.8 Å². The molecule has 0 saturated carbocycles. The molecule has 1 amide bonds. The van der Waals surface area contributed by atoms with E-state index in [0.717, 1.165) is 22.3 Å². The molecule has 2 aliphatic rings. The summed E-state index contributed by atoms with van der Waals surface area (Å²) in [6.45, 7) is 9.64. The molecule has 6 nitrogen and oxygen atoms in total. The first-order chi connectivity index (χ1) is 14.3. The van der Waals surface area contributed by atoms with Crippen LogP contribution in [-0.4, -0.2) is 37.6 Å². The first kappa shape index (κ1) is 20.9. The van der Waals surface area contributed by atoms with E-state index in [1.54, 1.807) is 4.90 Å². The van der Waals surface area contributed by atoms with E-state index in [1.165, 1.54) is 0 Å². The summed E-state index contributed by atoms with van der Waals surface area (Å²) >= 11 is 0. The highest BCUT2D eigenvalue weighted by Gasteiger charge is 2.51. The van der Waals surface area contributed by atoms with Crippen molar-refractivity contribution >= 4 is 24.4 Å². The second kappa shape index (κ2) is 8.06. The molecule has 0 bridgehead atoms. The van der Waals surface area contributed by atoms with Gasteiger partial charge in [0.1, 0.15) is 6.61 Å². The molecule has 2 heterocycles. The van der Waals surface area contributed by atoms with Crippen LogP contribution >= 0.6 is 0 Å². The van der Waals surface area contributed by atoms with Crippen molar-refractivity contribution in [2.24, 2.45) is 0 Å². The number of fused-ring (bicyclic) bond motifs is 1. The van der Waals surface area contributed by atoms with Gasteiger partial charge in [-0.05, 0) is 44.8 Å². The van der Waals surface area contributed by atoms with Crippen molar-refractivity contribution < 1.29 is 23.6 Å². The summed E-state index contributed by atoms with van der Waals surface area (Å²) in [5, 5.41) is 0. The smallest absolute Gasteiger partial charge is 0.444 e. The third-order valence-electron chi connectivity index (χ3n) is 6.07. The first-order valence-corrected chi connectivity index (χ1v) is 10.3. The average Bonchev–Trinajstić information content (AvgIpc) is 2.86. The predicted octanol–water partition coefficient (Wildman–Crippen LogP) is 3.66. The first-order valence-electron chi connectivity index (χ1n) is 10.3. The Balaban J connectivity index is 1.57. The minimum atomic E-state index is -0.494. The number of benzene rings is 2. The summed E-state index contributed by atoms with van der Waals surface area (Å²) in [5.74, 6) is 0. The molecule has 0 unspecified atom stereocenters. The van der Waals surface area contributed by atoms with Gasteiger partial charge in [-0.3, -0.25) is 4.90 Å². The third kappa shape index (κ3) is 4.10. The maximum Gasteiger partial charge on any atom is 0.494 e. The monoisotopic (exact) mass is 409 g/mol. The molecule has 1 saturated heterocycles. The Bertz CT molecular complexity index is 899. The van der Waals surface area contributed by atoms with Crippen LogP contribution in [-0.2, 0) is 32.0 Å². The molecule has 2 aliphatic heterocycles. The number of hydrogen-bond donors (Lipinski definition) is 0. The highest BCUT2D eigenvalue weighted by Crippen LogP contribution is 2.37. The summed E-state index contributed by atoms with van der Waals surface area (Å²) in [6.07, 6.45) is -0.392. The molecular weight excluding hydrogens is 381 g/mol. The quantitative estimate of drug-likeness (QED) is 0.725. The van der Waals surface area contributed by atoms with Gasteiger partial charge in [-0.2, -0.15) is 0 Å². The van der Waals surface area contributed by atoms with Gasteiger partial charge in [0.2, 0.25) is 0 Å². The third-order valence-corrected chi connectivity index (χ3v) is 6.07. The van der Waals surface area contributed by atoms with E-state index >= 15 is 0 Å². The molecule has 158 valence electrons. The van der Waals surface area contributed by atoms with E-state index in [-0.39, 0.29) is 6.61 Å². The number of anilines is 1. The Labute approximate surface area is 178 Å². The Morgan fingerprint density at radius 2 is 1.77 bits per heavy atom. The topological polar surface area (TPSA) is 57.2 Å². The van der Waals surface area contributed by atoms with Gasteiger partial charge in [0.25, 0.3) is 0 Å². The summed E-state index contributed by atoms with van der Waals surface area (Å²) in [5.41, 5.74) is 2.67. The molecule has 4 rings (SSSR count). The molecule has 2 aromatic carbocycles. The zero-order valence-corrected chi connectivity index (χ0v) is 18.0. The van der Waals surface area contributed by atoms with Crippen LogP contribution in [0, 0.1) is 0 Å². The minimum Gasteiger partial charge on any atom is -0.444 e. The van der Waals surface area contributed by atoms with Crippen molar-refractivity contribution in [3.8, 4) is 0 Å². The van der Waals surface area contributed by atoms with Crippen molar-refractivity contribution in [1.82, 2.24) is 0 Å². The van der Waals surface area contributed by atoms with Crippen molar-refractivity contribution in [2.45, 2.75) is 52.1 Å². The van der Waals surface area contributed by atoms with Gasteiger partial charge in [-0.15, -0.1) is 0 Å². The average molecular weight is 409 g/mol.